The number of hydrogen-bond acceptors (Lipinski definition) is 4. The second-order valence-corrected chi connectivity index (χ2v) is 6.35. The summed E-state index contributed by atoms with van der Waals surface area (Å²) >= 11 is 1.65. The molecule has 0 heterocycles. The van der Waals surface area contributed by atoms with Gasteiger partial charge in [-0.25, -0.2) is 0 Å². The third kappa shape index (κ3) is 5.20. The molecule has 0 radical (unpaired) electrons. The van der Waals surface area contributed by atoms with Gasteiger partial charge >= 0.3 is 5.97 Å². The summed E-state index contributed by atoms with van der Waals surface area (Å²) in [6, 6.07) is 10.3. The second-order valence-electron chi connectivity index (χ2n) is 5.33. The van der Waals surface area contributed by atoms with Crippen LogP contribution in [0.5, 0.6) is 11.5 Å². The Kier molecular flexibility index (Phi) is 7.00. The molecule has 24 heavy (non-hydrogen) atoms. The number of ether oxygens (including phenoxy) is 2. The Hall–Kier alpha value is -2.14. The molecule has 0 saturated heterocycles. The molecule has 128 valence electrons. The summed E-state index contributed by atoms with van der Waals surface area (Å²) < 4.78 is 10.7. The molecule has 0 saturated carbocycles. The van der Waals surface area contributed by atoms with Crippen molar-refractivity contribution in [2.45, 2.75) is 19.3 Å². The van der Waals surface area contributed by atoms with Crippen molar-refractivity contribution in [3.63, 3.8) is 0 Å². The van der Waals surface area contributed by atoms with E-state index in [1.54, 1.807) is 26.0 Å². The highest BCUT2D eigenvalue weighted by Crippen LogP contribution is 2.32. The van der Waals surface area contributed by atoms with Crippen molar-refractivity contribution in [3.05, 3.63) is 47.4 Å². The molecule has 0 unspecified atom stereocenters. The molecule has 0 aromatic heterocycles. The zero-order valence-corrected chi connectivity index (χ0v) is 14.8. The van der Waals surface area contributed by atoms with E-state index in [0.717, 1.165) is 34.4 Å². The van der Waals surface area contributed by atoms with Crippen molar-refractivity contribution in [3.8, 4) is 11.5 Å². The molecule has 0 aliphatic carbocycles. The van der Waals surface area contributed by atoms with E-state index in [1.807, 2.05) is 17.5 Å². The minimum atomic E-state index is -0.734. The van der Waals surface area contributed by atoms with E-state index in [9.17, 15) is 4.79 Å². The van der Waals surface area contributed by atoms with Gasteiger partial charge in [-0.1, -0.05) is 24.3 Å². The van der Waals surface area contributed by atoms with Crippen LogP contribution in [0, 0.1) is 0 Å². The maximum Gasteiger partial charge on any atom is 0.303 e. The van der Waals surface area contributed by atoms with Crippen molar-refractivity contribution in [2.75, 3.05) is 20.0 Å². The molecule has 0 amide bonds. The SMILES string of the molecule is COc1cc2ccc(C/C=C/SCCCC(=O)O)cc2cc1OC. The van der Waals surface area contributed by atoms with Gasteiger partial charge in [0.2, 0.25) is 0 Å². The van der Waals surface area contributed by atoms with Crippen LogP contribution in [0.1, 0.15) is 18.4 Å². The molecule has 4 nitrogen and oxygen atoms in total. The topological polar surface area (TPSA) is 55.8 Å². The van der Waals surface area contributed by atoms with Gasteiger partial charge in [0, 0.05) is 6.42 Å². The lowest BCUT2D eigenvalue weighted by molar-refractivity contribution is -0.137. The van der Waals surface area contributed by atoms with E-state index >= 15 is 0 Å². The predicted molar refractivity (Wildman–Crippen MR) is 99.2 cm³/mol. The highest BCUT2D eigenvalue weighted by molar-refractivity contribution is 8.02. The fourth-order valence-electron chi connectivity index (χ4n) is 2.38. The summed E-state index contributed by atoms with van der Waals surface area (Å²) in [6.45, 7) is 0. The Balaban J connectivity index is 1.96. The summed E-state index contributed by atoms with van der Waals surface area (Å²) in [7, 11) is 3.27. The van der Waals surface area contributed by atoms with E-state index in [2.05, 4.69) is 24.3 Å². The van der Waals surface area contributed by atoms with E-state index in [-0.39, 0.29) is 6.42 Å². The number of aliphatic carboxylic acids is 1. The molecule has 0 spiro atoms. The van der Waals surface area contributed by atoms with Crippen LogP contribution >= 0.6 is 11.8 Å². The van der Waals surface area contributed by atoms with E-state index in [4.69, 9.17) is 14.6 Å². The Labute approximate surface area is 146 Å². The summed E-state index contributed by atoms with van der Waals surface area (Å²) in [6.07, 6.45) is 3.88. The average molecular weight is 346 g/mol. The summed E-state index contributed by atoms with van der Waals surface area (Å²) in [4.78, 5) is 10.4. The molecule has 2 aromatic carbocycles. The first-order chi connectivity index (χ1) is 11.6. The smallest absolute Gasteiger partial charge is 0.303 e. The second kappa shape index (κ2) is 9.23. The monoisotopic (exact) mass is 346 g/mol. The van der Waals surface area contributed by atoms with Crippen LogP contribution in [0.25, 0.3) is 10.8 Å². The standard InChI is InChI=1S/C19H22O4S/c1-22-17-12-15-8-7-14(11-16(15)13-18(17)23-2)5-3-9-24-10-4-6-19(20)21/h3,7-9,11-13H,4-6,10H2,1-2H3,(H,20,21)/b9-3+. The molecule has 2 aromatic rings. The Morgan fingerprint density at radius 2 is 1.83 bits per heavy atom. The lowest BCUT2D eigenvalue weighted by Gasteiger charge is -2.10. The van der Waals surface area contributed by atoms with Crippen LogP contribution in [-0.2, 0) is 11.2 Å². The van der Waals surface area contributed by atoms with Gasteiger partial charge in [0.1, 0.15) is 0 Å². The minimum absolute atomic E-state index is 0.233. The van der Waals surface area contributed by atoms with Crippen LogP contribution in [0.4, 0.5) is 0 Å². The average Bonchev–Trinajstić information content (AvgIpc) is 2.59. The molecule has 0 atom stereocenters. The Morgan fingerprint density at radius 1 is 1.12 bits per heavy atom. The highest BCUT2D eigenvalue weighted by Gasteiger charge is 2.06. The van der Waals surface area contributed by atoms with Gasteiger partial charge in [0.15, 0.2) is 11.5 Å². The Morgan fingerprint density at radius 3 is 2.50 bits per heavy atom. The molecular formula is C19H22O4S. The molecular weight excluding hydrogens is 324 g/mol. The first kappa shape index (κ1) is 18.2. The minimum Gasteiger partial charge on any atom is -0.493 e. The summed E-state index contributed by atoms with van der Waals surface area (Å²) in [5.41, 5.74) is 1.22. The first-order valence-corrected chi connectivity index (χ1v) is 8.82. The lowest BCUT2D eigenvalue weighted by atomic mass is 10.0. The Bertz CT molecular complexity index is 725. The number of fused-ring (bicyclic) bond motifs is 1. The van der Waals surface area contributed by atoms with Crippen LogP contribution in [0.3, 0.4) is 0 Å². The zero-order valence-electron chi connectivity index (χ0n) is 14.0. The van der Waals surface area contributed by atoms with Crippen molar-refractivity contribution >= 4 is 28.5 Å². The maximum atomic E-state index is 10.4. The lowest BCUT2D eigenvalue weighted by Crippen LogP contribution is -1.94. The zero-order chi connectivity index (χ0) is 17.4. The molecule has 0 bridgehead atoms. The van der Waals surface area contributed by atoms with Gasteiger partial charge in [-0.3, -0.25) is 4.79 Å². The molecule has 1 N–H and O–H groups in total. The van der Waals surface area contributed by atoms with E-state index < -0.39 is 5.97 Å². The number of carbonyl (C=O) groups is 1. The fraction of sp³-hybridized carbons (Fsp3) is 0.316. The maximum absolute atomic E-state index is 10.4. The molecule has 2 rings (SSSR count). The van der Waals surface area contributed by atoms with Crippen molar-refractivity contribution in [1.82, 2.24) is 0 Å². The molecule has 0 aliphatic rings. The van der Waals surface area contributed by atoms with E-state index in [1.165, 1.54) is 5.56 Å². The van der Waals surface area contributed by atoms with Crippen molar-refractivity contribution in [2.24, 2.45) is 0 Å². The third-order valence-corrected chi connectivity index (χ3v) is 4.52. The fourth-order valence-corrected chi connectivity index (χ4v) is 3.06. The first-order valence-electron chi connectivity index (χ1n) is 7.77. The van der Waals surface area contributed by atoms with Gasteiger partial charge in [0.25, 0.3) is 0 Å². The van der Waals surface area contributed by atoms with Gasteiger partial charge in [0.05, 0.1) is 14.2 Å². The normalized spacial score (nSPS) is 11.1. The highest BCUT2D eigenvalue weighted by atomic mass is 32.2. The van der Waals surface area contributed by atoms with Crippen molar-refractivity contribution in [1.29, 1.82) is 0 Å². The van der Waals surface area contributed by atoms with Crippen LogP contribution in [0.2, 0.25) is 0 Å². The van der Waals surface area contributed by atoms with Crippen molar-refractivity contribution < 1.29 is 19.4 Å². The predicted octanol–water partition coefficient (Wildman–Crippen LogP) is 4.51. The number of rotatable bonds is 9. The van der Waals surface area contributed by atoms with Gasteiger partial charge in [-0.15, -0.1) is 11.8 Å². The molecule has 0 fully saturated rings. The van der Waals surface area contributed by atoms with Gasteiger partial charge in [-0.2, -0.15) is 0 Å². The number of thioether (sulfide) groups is 1. The molecule has 0 aliphatic heterocycles. The summed E-state index contributed by atoms with van der Waals surface area (Å²) in [5, 5.41) is 12.9. The van der Waals surface area contributed by atoms with Crippen LogP contribution < -0.4 is 9.47 Å². The summed E-state index contributed by atoms with van der Waals surface area (Å²) in [5.74, 6) is 1.56. The number of hydrogen-bond donors (Lipinski definition) is 1. The van der Waals surface area contributed by atoms with Gasteiger partial charge < -0.3 is 14.6 Å². The number of methoxy groups -OCH3 is 2. The van der Waals surface area contributed by atoms with Gasteiger partial charge in [-0.05, 0) is 52.5 Å². The number of carboxylic acids is 1. The molecule has 5 heteroatoms. The number of allylic oxidation sites excluding steroid dienone is 1. The largest absolute Gasteiger partial charge is 0.493 e. The van der Waals surface area contributed by atoms with E-state index in [0.29, 0.717) is 6.42 Å². The quantitative estimate of drug-likeness (QED) is 0.677. The van der Waals surface area contributed by atoms with Crippen LogP contribution in [-0.4, -0.2) is 31.0 Å². The third-order valence-electron chi connectivity index (χ3n) is 3.61. The van der Waals surface area contributed by atoms with Crippen LogP contribution in [0.15, 0.2) is 41.8 Å². The number of carboxylic acid groups (broad SMARTS) is 1. The number of benzene rings is 2.